The molecule has 1 aromatic carbocycles. The predicted molar refractivity (Wildman–Crippen MR) is 52.3 cm³/mol. The lowest BCUT2D eigenvalue weighted by Gasteiger charge is -2.00. The van der Waals surface area contributed by atoms with Crippen molar-refractivity contribution in [3.05, 3.63) is 35.4 Å². The van der Waals surface area contributed by atoms with E-state index in [0.717, 1.165) is 5.75 Å². The fraction of sp³-hybridized carbons (Fsp3) is 0.273. The summed E-state index contributed by atoms with van der Waals surface area (Å²) in [5.74, 6) is 0.907. The van der Waals surface area contributed by atoms with Crippen molar-refractivity contribution < 1.29 is 4.74 Å². The molecule has 0 saturated carbocycles. The first-order valence-electron chi connectivity index (χ1n) is 4.01. The lowest BCUT2D eigenvalue weighted by molar-refractivity contribution is 0.414. The third-order valence-electron chi connectivity index (χ3n) is 1.55. The molecule has 0 aliphatic heterocycles. The van der Waals surface area contributed by atoms with Gasteiger partial charge in [-0.05, 0) is 31.5 Å². The molecular weight excluding hydrogens is 148 g/mol. The summed E-state index contributed by atoms with van der Waals surface area (Å²) in [4.78, 5) is 0. The van der Waals surface area contributed by atoms with Gasteiger partial charge in [-0.15, -0.1) is 0 Å². The summed E-state index contributed by atoms with van der Waals surface area (Å²) in [6, 6.07) is 8.03. The molecule has 0 aliphatic carbocycles. The van der Waals surface area contributed by atoms with Crippen LogP contribution in [0.25, 0.3) is 6.08 Å². The molecule has 0 spiro atoms. The number of ether oxygens (including phenoxy) is 1. The minimum absolute atomic E-state index is 0.907. The average Bonchev–Trinajstić information content (AvgIpc) is 2.03. The van der Waals surface area contributed by atoms with Crippen LogP contribution in [0, 0.1) is 0 Å². The predicted octanol–water partition coefficient (Wildman–Crippen LogP) is 3.12. The van der Waals surface area contributed by atoms with Crippen LogP contribution in [-0.4, -0.2) is 7.11 Å². The van der Waals surface area contributed by atoms with Gasteiger partial charge in [-0.25, -0.2) is 0 Å². The van der Waals surface area contributed by atoms with Gasteiger partial charge in [0.2, 0.25) is 0 Å². The zero-order valence-electron chi connectivity index (χ0n) is 7.79. The number of methoxy groups -OCH3 is 1. The van der Waals surface area contributed by atoms with Gasteiger partial charge < -0.3 is 4.74 Å². The van der Waals surface area contributed by atoms with Gasteiger partial charge in [0.1, 0.15) is 5.75 Å². The van der Waals surface area contributed by atoms with Crippen LogP contribution in [0.4, 0.5) is 0 Å². The first kappa shape index (κ1) is 8.85. The van der Waals surface area contributed by atoms with Gasteiger partial charge >= 0.3 is 0 Å². The Morgan fingerprint density at radius 1 is 1.33 bits per heavy atom. The minimum atomic E-state index is 0.907. The third-order valence-corrected chi connectivity index (χ3v) is 1.55. The molecule has 12 heavy (non-hydrogen) atoms. The molecule has 0 radical (unpaired) electrons. The van der Waals surface area contributed by atoms with Crippen LogP contribution in [0.5, 0.6) is 5.75 Å². The Kier molecular flexibility index (Phi) is 2.92. The first-order chi connectivity index (χ1) is 5.72. The quantitative estimate of drug-likeness (QED) is 0.649. The number of hydrogen-bond donors (Lipinski definition) is 0. The van der Waals surface area contributed by atoms with E-state index >= 15 is 0 Å². The average molecular weight is 162 g/mol. The molecule has 64 valence electrons. The van der Waals surface area contributed by atoms with Crippen molar-refractivity contribution in [3.8, 4) is 5.75 Å². The van der Waals surface area contributed by atoms with Gasteiger partial charge in [0.05, 0.1) is 7.11 Å². The summed E-state index contributed by atoms with van der Waals surface area (Å²) >= 11 is 0. The van der Waals surface area contributed by atoms with Crippen molar-refractivity contribution in [2.45, 2.75) is 13.8 Å². The van der Waals surface area contributed by atoms with Crippen LogP contribution in [0.15, 0.2) is 29.8 Å². The second kappa shape index (κ2) is 3.96. The molecule has 0 fully saturated rings. The molecule has 0 saturated heterocycles. The van der Waals surface area contributed by atoms with Gasteiger partial charge in [-0.1, -0.05) is 23.8 Å². The minimum Gasteiger partial charge on any atom is -0.497 e. The maximum atomic E-state index is 5.11. The molecule has 1 nitrogen and oxygen atoms in total. The van der Waals surface area contributed by atoms with Gasteiger partial charge in [-0.2, -0.15) is 0 Å². The van der Waals surface area contributed by atoms with Crippen LogP contribution in [-0.2, 0) is 0 Å². The van der Waals surface area contributed by atoms with E-state index < -0.39 is 0 Å². The molecule has 0 N–H and O–H groups in total. The number of benzene rings is 1. The Hall–Kier alpha value is -1.24. The SMILES string of the molecule is COc1cccc(C=C(C)C)c1. The summed E-state index contributed by atoms with van der Waals surface area (Å²) in [5, 5.41) is 0. The first-order valence-corrected chi connectivity index (χ1v) is 4.01. The molecule has 0 bridgehead atoms. The second-order valence-corrected chi connectivity index (χ2v) is 3.00. The number of rotatable bonds is 2. The largest absolute Gasteiger partial charge is 0.497 e. The lowest BCUT2D eigenvalue weighted by atomic mass is 10.1. The topological polar surface area (TPSA) is 9.23 Å². The molecule has 1 aromatic rings. The van der Waals surface area contributed by atoms with Crippen molar-refractivity contribution in [1.82, 2.24) is 0 Å². The van der Waals surface area contributed by atoms with Crippen LogP contribution in [0.3, 0.4) is 0 Å². The smallest absolute Gasteiger partial charge is 0.119 e. The molecule has 0 amide bonds. The van der Waals surface area contributed by atoms with Crippen molar-refractivity contribution in [2.75, 3.05) is 7.11 Å². The second-order valence-electron chi connectivity index (χ2n) is 3.00. The number of allylic oxidation sites excluding steroid dienone is 1. The Morgan fingerprint density at radius 2 is 2.08 bits per heavy atom. The zero-order chi connectivity index (χ0) is 8.97. The number of hydrogen-bond acceptors (Lipinski definition) is 1. The fourth-order valence-corrected chi connectivity index (χ4v) is 1.06. The summed E-state index contributed by atoms with van der Waals surface area (Å²) in [6.07, 6.45) is 2.13. The monoisotopic (exact) mass is 162 g/mol. The van der Waals surface area contributed by atoms with Crippen molar-refractivity contribution >= 4 is 6.08 Å². The van der Waals surface area contributed by atoms with Crippen LogP contribution in [0.1, 0.15) is 19.4 Å². The maximum absolute atomic E-state index is 5.11. The van der Waals surface area contributed by atoms with Crippen molar-refractivity contribution in [1.29, 1.82) is 0 Å². The summed E-state index contributed by atoms with van der Waals surface area (Å²) in [6.45, 7) is 4.17. The highest BCUT2D eigenvalue weighted by Gasteiger charge is 1.91. The molecular formula is C11H14O. The van der Waals surface area contributed by atoms with Gasteiger partial charge in [0.25, 0.3) is 0 Å². The summed E-state index contributed by atoms with van der Waals surface area (Å²) in [7, 11) is 1.68. The van der Waals surface area contributed by atoms with Crippen molar-refractivity contribution in [2.24, 2.45) is 0 Å². The Bertz CT molecular complexity index is 283. The Balaban J connectivity index is 2.94. The third kappa shape index (κ3) is 2.42. The summed E-state index contributed by atoms with van der Waals surface area (Å²) in [5.41, 5.74) is 2.48. The molecule has 1 heteroatoms. The van der Waals surface area contributed by atoms with Crippen LogP contribution in [0.2, 0.25) is 0 Å². The van der Waals surface area contributed by atoms with Crippen molar-refractivity contribution in [3.63, 3.8) is 0 Å². The maximum Gasteiger partial charge on any atom is 0.119 e. The molecule has 1 rings (SSSR count). The molecule has 0 atom stereocenters. The van der Waals surface area contributed by atoms with E-state index in [9.17, 15) is 0 Å². The van der Waals surface area contributed by atoms with Gasteiger partial charge in [0.15, 0.2) is 0 Å². The van der Waals surface area contributed by atoms with E-state index in [1.807, 2.05) is 18.2 Å². The van der Waals surface area contributed by atoms with Gasteiger partial charge in [0, 0.05) is 0 Å². The van der Waals surface area contributed by atoms with E-state index in [0.29, 0.717) is 0 Å². The van der Waals surface area contributed by atoms with Gasteiger partial charge in [-0.3, -0.25) is 0 Å². The fourth-order valence-electron chi connectivity index (χ4n) is 1.06. The van der Waals surface area contributed by atoms with Crippen LogP contribution >= 0.6 is 0 Å². The van der Waals surface area contributed by atoms with E-state index in [-0.39, 0.29) is 0 Å². The normalized spacial score (nSPS) is 9.25. The van der Waals surface area contributed by atoms with E-state index in [1.54, 1.807) is 7.11 Å². The van der Waals surface area contributed by atoms with E-state index in [1.165, 1.54) is 11.1 Å². The zero-order valence-corrected chi connectivity index (χ0v) is 7.79. The highest BCUT2D eigenvalue weighted by molar-refractivity contribution is 5.53. The molecule has 0 aliphatic rings. The highest BCUT2D eigenvalue weighted by Crippen LogP contribution is 2.14. The van der Waals surface area contributed by atoms with E-state index in [2.05, 4.69) is 26.0 Å². The molecule has 0 unspecified atom stereocenters. The van der Waals surface area contributed by atoms with Crippen LogP contribution < -0.4 is 4.74 Å². The summed E-state index contributed by atoms with van der Waals surface area (Å²) < 4.78 is 5.11. The van der Waals surface area contributed by atoms with E-state index in [4.69, 9.17) is 4.74 Å². The highest BCUT2D eigenvalue weighted by atomic mass is 16.5. The Morgan fingerprint density at radius 3 is 2.67 bits per heavy atom. The Labute approximate surface area is 73.7 Å². The standard InChI is InChI=1S/C11H14O/c1-9(2)7-10-5-4-6-11(8-10)12-3/h4-8H,1-3H3. The molecule has 0 heterocycles. The lowest BCUT2D eigenvalue weighted by Crippen LogP contribution is -1.82. The molecule has 0 aromatic heterocycles.